The summed E-state index contributed by atoms with van der Waals surface area (Å²) in [4.78, 5) is 4.27. The van der Waals surface area contributed by atoms with E-state index in [2.05, 4.69) is 4.98 Å². The van der Waals surface area contributed by atoms with Crippen LogP contribution in [0.1, 0.15) is 5.56 Å². The van der Waals surface area contributed by atoms with Gasteiger partial charge in [-0.3, -0.25) is 0 Å². The third-order valence-corrected chi connectivity index (χ3v) is 4.25. The van der Waals surface area contributed by atoms with Gasteiger partial charge in [-0.15, -0.1) is 11.8 Å². The smallest absolute Gasteiger partial charge is 0.138 e. The number of aliphatic hydroxyl groups excluding tert-OH is 1. The number of nitrogens with zero attached hydrogens (tertiary/aromatic N) is 1. The van der Waals surface area contributed by atoms with Crippen molar-refractivity contribution < 1.29 is 9.84 Å². The molecule has 0 saturated heterocycles. The number of hydrogen-bond acceptors (Lipinski definition) is 4. The van der Waals surface area contributed by atoms with Gasteiger partial charge in [-0.25, -0.2) is 4.98 Å². The van der Waals surface area contributed by atoms with E-state index in [1.165, 1.54) is 11.8 Å². The fraction of sp³-hybridized carbons (Fsp3) is 0.267. The number of hydrogen-bond donors (Lipinski definition) is 1. The molecule has 0 radical (unpaired) electrons. The van der Waals surface area contributed by atoms with Gasteiger partial charge in [0.25, 0.3) is 0 Å². The molecule has 0 aliphatic rings. The van der Waals surface area contributed by atoms with Gasteiger partial charge in [0.2, 0.25) is 0 Å². The van der Waals surface area contributed by atoms with Gasteiger partial charge in [0.1, 0.15) is 12.4 Å². The second-order valence-corrected chi connectivity index (χ2v) is 6.41. The highest BCUT2D eigenvalue weighted by Crippen LogP contribution is 2.27. The summed E-state index contributed by atoms with van der Waals surface area (Å²) in [6, 6.07) is 8.91. The van der Waals surface area contributed by atoms with Crippen molar-refractivity contribution >= 4 is 35.0 Å². The Kier molecular flexibility index (Phi) is 6.18. The van der Waals surface area contributed by atoms with E-state index in [1.807, 2.05) is 19.1 Å². The van der Waals surface area contributed by atoms with Crippen LogP contribution < -0.4 is 4.74 Å². The molecular formula is C15H15Cl2NO2S. The topological polar surface area (TPSA) is 42.4 Å². The lowest BCUT2D eigenvalue weighted by atomic mass is 10.3. The summed E-state index contributed by atoms with van der Waals surface area (Å²) >= 11 is 13.3. The molecule has 1 unspecified atom stereocenters. The molecule has 1 aromatic heterocycles. The summed E-state index contributed by atoms with van der Waals surface area (Å²) in [5, 5.41) is 11.8. The number of thioether (sulfide) groups is 1. The molecule has 1 atom stereocenters. The minimum Gasteiger partial charge on any atom is -0.489 e. The Hall–Kier alpha value is -0.940. The standard InChI is InChI=1S/C15H15Cl2NO2S/c1-10-2-5-15(18-7-10)21-9-12(19)8-20-14-4-3-11(16)6-13(14)17/h2-7,12,19H,8-9H2,1H3. The van der Waals surface area contributed by atoms with Gasteiger partial charge >= 0.3 is 0 Å². The zero-order valence-electron chi connectivity index (χ0n) is 11.4. The highest BCUT2D eigenvalue weighted by Gasteiger charge is 2.09. The average molecular weight is 344 g/mol. The summed E-state index contributed by atoms with van der Waals surface area (Å²) in [7, 11) is 0. The van der Waals surface area contributed by atoms with Crippen molar-refractivity contribution in [2.45, 2.75) is 18.1 Å². The third-order valence-electron chi connectivity index (χ3n) is 2.63. The monoisotopic (exact) mass is 343 g/mol. The van der Waals surface area contributed by atoms with E-state index in [1.54, 1.807) is 24.4 Å². The number of pyridine rings is 1. The van der Waals surface area contributed by atoms with Crippen molar-refractivity contribution in [1.29, 1.82) is 0 Å². The van der Waals surface area contributed by atoms with Crippen LogP contribution in [0.5, 0.6) is 5.75 Å². The number of aliphatic hydroxyl groups is 1. The summed E-state index contributed by atoms with van der Waals surface area (Å²) in [5.41, 5.74) is 1.11. The maximum absolute atomic E-state index is 9.93. The third kappa shape index (κ3) is 5.40. The van der Waals surface area contributed by atoms with Crippen LogP contribution >= 0.6 is 35.0 Å². The minimum atomic E-state index is -0.607. The zero-order valence-corrected chi connectivity index (χ0v) is 13.8. The van der Waals surface area contributed by atoms with Crippen molar-refractivity contribution in [1.82, 2.24) is 4.98 Å². The lowest BCUT2D eigenvalue weighted by Gasteiger charge is -2.13. The van der Waals surface area contributed by atoms with E-state index in [4.69, 9.17) is 27.9 Å². The Labute approximate surface area is 138 Å². The molecule has 0 amide bonds. The van der Waals surface area contributed by atoms with Crippen LogP contribution in [0.25, 0.3) is 0 Å². The van der Waals surface area contributed by atoms with Crippen molar-refractivity contribution in [3.63, 3.8) is 0 Å². The van der Waals surface area contributed by atoms with Gasteiger partial charge in [0.05, 0.1) is 16.2 Å². The van der Waals surface area contributed by atoms with E-state index >= 15 is 0 Å². The molecule has 0 aliphatic carbocycles. The highest BCUT2D eigenvalue weighted by atomic mass is 35.5. The lowest BCUT2D eigenvalue weighted by molar-refractivity contribution is 0.126. The van der Waals surface area contributed by atoms with E-state index in [0.29, 0.717) is 21.5 Å². The van der Waals surface area contributed by atoms with Crippen LogP contribution in [-0.4, -0.2) is 28.6 Å². The van der Waals surface area contributed by atoms with Crippen molar-refractivity contribution in [2.75, 3.05) is 12.4 Å². The number of ether oxygens (including phenoxy) is 1. The normalized spacial score (nSPS) is 12.2. The quantitative estimate of drug-likeness (QED) is 0.797. The molecule has 21 heavy (non-hydrogen) atoms. The molecular weight excluding hydrogens is 329 g/mol. The first-order chi connectivity index (χ1) is 10.0. The first-order valence-corrected chi connectivity index (χ1v) is 8.10. The molecule has 0 spiro atoms. The minimum absolute atomic E-state index is 0.167. The summed E-state index contributed by atoms with van der Waals surface area (Å²) in [5.74, 6) is 1.01. The fourth-order valence-corrected chi connectivity index (χ4v) is 2.76. The number of halogens is 2. The Balaban J connectivity index is 1.79. The van der Waals surface area contributed by atoms with Gasteiger partial charge in [0.15, 0.2) is 0 Å². The van der Waals surface area contributed by atoms with Gasteiger partial charge in [-0.05, 0) is 36.8 Å². The number of rotatable bonds is 6. The molecule has 2 aromatic rings. The van der Waals surface area contributed by atoms with E-state index in [9.17, 15) is 5.11 Å². The predicted octanol–water partition coefficient (Wildman–Crippen LogP) is 4.23. The SMILES string of the molecule is Cc1ccc(SCC(O)COc2ccc(Cl)cc2Cl)nc1. The lowest BCUT2D eigenvalue weighted by Crippen LogP contribution is -2.20. The van der Waals surface area contributed by atoms with E-state index < -0.39 is 6.10 Å². The number of benzene rings is 1. The molecule has 112 valence electrons. The molecule has 1 N–H and O–H groups in total. The first kappa shape index (κ1) is 16.4. The number of aromatic nitrogens is 1. The van der Waals surface area contributed by atoms with Crippen LogP contribution in [0.15, 0.2) is 41.6 Å². The van der Waals surface area contributed by atoms with Crippen LogP contribution in [0.4, 0.5) is 0 Å². The van der Waals surface area contributed by atoms with Gasteiger partial charge in [-0.1, -0.05) is 29.3 Å². The average Bonchev–Trinajstić information content (AvgIpc) is 2.46. The molecule has 1 aromatic carbocycles. The van der Waals surface area contributed by atoms with Gasteiger partial charge in [-0.2, -0.15) is 0 Å². The molecule has 2 rings (SSSR count). The molecule has 0 bridgehead atoms. The first-order valence-electron chi connectivity index (χ1n) is 6.36. The van der Waals surface area contributed by atoms with Crippen LogP contribution in [0, 0.1) is 6.92 Å². The highest BCUT2D eigenvalue weighted by molar-refractivity contribution is 7.99. The Bertz CT molecular complexity index is 593. The van der Waals surface area contributed by atoms with Crippen LogP contribution in [0.3, 0.4) is 0 Å². The Morgan fingerprint density at radius 1 is 1.29 bits per heavy atom. The molecule has 0 aliphatic heterocycles. The second kappa shape index (κ2) is 7.90. The van der Waals surface area contributed by atoms with Crippen molar-refractivity contribution in [3.05, 3.63) is 52.1 Å². The maximum atomic E-state index is 9.93. The largest absolute Gasteiger partial charge is 0.489 e. The number of aryl methyl sites for hydroxylation is 1. The van der Waals surface area contributed by atoms with Crippen LogP contribution in [0.2, 0.25) is 10.0 Å². The van der Waals surface area contributed by atoms with Crippen molar-refractivity contribution in [2.24, 2.45) is 0 Å². The molecule has 0 fully saturated rings. The fourth-order valence-electron chi connectivity index (χ4n) is 1.55. The van der Waals surface area contributed by atoms with Gasteiger partial charge in [0, 0.05) is 17.0 Å². The predicted molar refractivity (Wildman–Crippen MR) is 87.7 cm³/mol. The molecule has 0 saturated carbocycles. The zero-order chi connectivity index (χ0) is 15.2. The summed E-state index contributed by atoms with van der Waals surface area (Å²) in [6.45, 7) is 2.15. The second-order valence-electron chi connectivity index (χ2n) is 4.52. The van der Waals surface area contributed by atoms with Crippen molar-refractivity contribution in [3.8, 4) is 5.75 Å². The van der Waals surface area contributed by atoms with Crippen LogP contribution in [-0.2, 0) is 0 Å². The summed E-state index contributed by atoms with van der Waals surface area (Å²) in [6.07, 6.45) is 1.20. The van der Waals surface area contributed by atoms with E-state index in [-0.39, 0.29) is 6.61 Å². The van der Waals surface area contributed by atoms with E-state index in [0.717, 1.165) is 10.6 Å². The molecule has 3 nitrogen and oxygen atoms in total. The Morgan fingerprint density at radius 2 is 2.10 bits per heavy atom. The molecule has 1 heterocycles. The van der Waals surface area contributed by atoms with Gasteiger partial charge < -0.3 is 9.84 Å². The summed E-state index contributed by atoms with van der Waals surface area (Å²) < 4.78 is 5.49. The Morgan fingerprint density at radius 3 is 2.76 bits per heavy atom. The maximum Gasteiger partial charge on any atom is 0.138 e. The molecule has 6 heteroatoms.